The molecule has 0 amide bonds. The van der Waals surface area contributed by atoms with Crippen molar-refractivity contribution in [3.8, 4) is 11.1 Å². The summed E-state index contributed by atoms with van der Waals surface area (Å²) in [5, 5.41) is 3.04. The molecule has 2 N–H and O–H groups in total. The molecule has 0 heterocycles. The van der Waals surface area contributed by atoms with Crippen molar-refractivity contribution < 1.29 is 0 Å². The second-order valence-electron chi connectivity index (χ2n) is 15.3. The van der Waals surface area contributed by atoms with Crippen molar-refractivity contribution in [1.82, 2.24) is 0 Å². The lowest BCUT2D eigenvalue weighted by Crippen LogP contribution is -2.62. The molecule has 0 saturated heterocycles. The number of unbranched alkanes of at least 4 members (excludes halogenated alkanes) is 1. The number of nitrogens with two attached hydrogens (primary N) is 1. The van der Waals surface area contributed by atoms with E-state index in [-0.39, 0.29) is 12.4 Å². The van der Waals surface area contributed by atoms with Gasteiger partial charge in [-0.15, -0.1) is 12.4 Å². The van der Waals surface area contributed by atoms with Gasteiger partial charge in [0, 0.05) is 16.8 Å². The van der Waals surface area contributed by atoms with Crippen molar-refractivity contribution in [2.75, 3.05) is 11.9 Å². The molecule has 8 bridgehead atoms. The Bertz CT molecular complexity index is 1100. The van der Waals surface area contributed by atoms with Gasteiger partial charge < -0.3 is 5.73 Å². The van der Waals surface area contributed by atoms with Gasteiger partial charge in [0.05, 0.1) is 23.7 Å². The molecule has 10 rings (SSSR count). The number of anilines is 1. The summed E-state index contributed by atoms with van der Waals surface area (Å²) in [5.41, 5.74) is 10.6. The Morgan fingerprint density at radius 2 is 1.05 bits per heavy atom. The number of benzene rings is 2. The fraction of sp³-hybridized carbons (Fsp3) is 0.667. The SMILES string of the molecule is CCCC[P+](c1ccccc1-c1ccccc1N)(C12CC3CC(CC(C3)C1)C2)C12CC3CC(CC(C3)C1)C2.Cl. The third kappa shape index (κ3) is 3.88. The van der Waals surface area contributed by atoms with Crippen LogP contribution in [0.15, 0.2) is 48.5 Å². The van der Waals surface area contributed by atoms with E-state index in [0.29, 0.717) is 10.3 Å². The molecule has 1 nitrogen and oxygen atoms in total. The molecular formula is C36H50ClNP+. The van der Waals surface area contributed by atoms with Gasteiger partial charge in [0.1, 0.15) is 5.30 Å². The lowest BCUT2D eigenvalue weighted by molar-refractivity contribution is 0.0167. The lowest BCUT2D eigenvalue weighted by Gasteiger charge is -2.68. The molecule has 0 aliphatic heterocycles. The van der Waals surface area contributed by atoms with Crippen molar-refractivity contribution in [3.05, 3.63) is 48.5 Å². The van der Waals surface area contributed by atoms with E-state index in [4.69, 9.17) is 5.73 Å². The molecule has 39 heavy (non-hydrogen) atoms. The molecule has 2 aromatic carbocycles. The molecule has 0 radical (unpaired) electrons. The van der Waals surface area contributed by atoms with Gasteiger partial charge in [-0.2, -0.15) is 0 Å². The van der Waals surface area contributed by atoms with Crippen molar-refractivity contribution in [2.24, 2.45) is 35.5 Å². The van der Waals surface area contributed by atoms with Crippen LogP contribution in [0, 0.1) is 35.5 Å². The van der Waals surface area contributed by atoms with Crippen LogP contribution in [-0.2, 0) is 0 Å². The third-order valence-electron chi connectivity index (χ3n) is 13.0. The van der Waals surface area contributed by atoms with Crippen LogP contribution < -0.4 is 11.0 Å². The number of para-hydroxylation sites is 1. The summed E-state index contributed by atoms with van der Waals surface area (Å²) < 4.78 is 0. The molecule has 3 heteroatoms. The average molecular weight is 563 g/mol. The Balaban J connectivity index is 0.00000253. The van der Waals surface area contributed by atoms with Gasteiger partial charge in [0.2, 0.25) is 0 Å². The van der Waals surface area contributed by atoms with Gasteiger partial charge >= 0.3 is 0 Å². The van der Waals surface area contributed by atoms with Crippen molar-refractivity contribution in [2.45, 2.75) is 107 Å². The predicted molar refractivity (Wildman–Crippen MR) is 172 cm³/mol. The number of rotatable bonds is 7. The highest BCUT2D eigenvalue weighted by Gasteiger charge is 2.76. The van der Waals surface area contributed by atoms with Crippen molar-refractivity contribution in [1.29, 1.82) is 0 Å². The van der Waals surface area contributed by atoms with Crippen LogP contribution >= 0.6 is 19.7 Å². The Morgan fingerprint density at radius 1 is 0.641 bits per heavy atom. The molecule has 0 unspecified atom stereocenters. The van der Waals surface area contributed by atoms with E-state index < -0.39 is 7.26 Å². The summed E-state index contributed by atoms with van der Waals surface area (Å²) in [6, 6.07) is 18.8. The first-order chi connectivity index (χ1) is 18.5. The molecule has 8 aliphatic carbocycles. The van der Waals surface area contributed by atoms with Crippen LogP contribution in [0.2, 0.25) is 0 Å². The monoisotopic (exact) mass is 562 g/mol. The van der Waals surface area contributed by atoms with Crippen LogP contribution in [0.3, 0.4) is 0 Å². The normalized spacial score (nSPS) is 40.8. The number of halogens is 1. The quantitative estimate of drug-likeness (QED) is 0.264. The lowest BCUT2D eigenvalue weighted by atomic mass is 9.55. The fourth-order valence-corrected chi connectivity index (χ4v) is 21.2. The highest BCUT2D eigenvalue weighted by atomic mass is 35.5. The van der Waals surface area contributed by atoms with Crippen LogP contribution in [0.1, 0.15) is 96.8 Å². The van der Waals surface area contributed by atoms with E-state index in [1.54, 1.807) is 77.0 Å². The first-order valence-electron chi connectivity index (χ1n) is 16.4. The maximum absolute atomic E-state index is 6.79. The van der Waals surface area contributed by atoms with Gasteiger partial charge in [0.15, 0.2) is 0 Å². The summed E-state index contributed by atoms with van der Waals surface area (Å²) in [6.07, 6.45) is 23.0. The summed E-state index contributed by atoms with van der Waals surface area (Å²) in [6.45, 7) is 2.47. The van der Waals surface area contributed by atoms with Crippen LogP contribution in [0.25, 0.3) is 11.1 Å². The summed E-state index contributed by atoms with van der Waals surface area (Å²) in [7, 11) is -1.54. The molecule has 0 atom stereocenters. The largest absolute Gasteiger partial charge is 0.398 e. The molecule has 210 valence electrons. The zero-order valence-corrected chi connectivity index (χ0v) is 25.8. The molecule has 0 aromatic heterocycles. The van der Waals surface area contributed by atoms with Gasteiger partial charge in [-0.1, -0.05) is 49.7 Å². The molecule has 2 aromatic rings. The van der Waals surface area contributed by atoms with E-state index in [1.807, 2.05) is 5.30 Å². The molecule has 8 fully saturated rings. The Kier molecular flexibility index (Phi) is 6.72. The van der Waals surface area contributed by atoms with Gasteiger partial charge in [0.25, 0.3) is 0 Å². The Hall–Kier alpha value is -1.04. The smallest absolute Gasteiger partial charge is 0.103 e. The minimum Gasteiger partial charge on any atom is -0.398 e. The fourth-order valence-electron chi connectivity index (χ4n) is 12.8. The Morgan fingerprint density at radius 3 is 1.49 bits per heavy atom. The van der Waals surface area contributed by atoms with Crippen LogP contribution in [0.4, 0.5) is 5.69 Å². The van der Waals surface area contributed by atoms with Crippen LogP contribution in [-0.4, -0.2) is 16.5 Å². The maximum Gasteiger partial charge on any atom is 0.103 e. The highest BCUT2D eigenvalue weighted by Crippen LogP contribution is 2.89. The summed E-state index contributed by atoms with van der Waals surface area (Å²) in [4.78, 5) is 0. The highest BCUT2D eigenvalue weighted by molar-refractivity contribution is 7.86. The topological polar surface area (TPSA) is 26.0 Å². The number of hydrogen-bond donors (Lipinski definition) is 1. The maximum atomic E-state index is 6.79. The van der Waals surface area contributed by atoms with E-state index in [2.05, 4.69) is 55.5 Å². The van der Waals surface area contributed by atoms with E-state index in [1.165, 1.54) is 30.1 Å². The molecule has 8 aliphatic rings. The van der Waals surface area contributed by atoms with Crippen molar-refractivity contribution >= 4 is 30.7 Å². The van der Waals surface area contributed by atoms with Crippen molar-refractivity contribution in [3.63, 3.8) is 0 Å². The third-order valence-corrected chi connectivity index (χ3v) is 19.6. The van der Waals surface area contributed by atoms with Gasteiger partial charge in [-0.05, 0) is 131 Å². The summed E-state index contributed by atoms with van der Waals surface area (Å²) in [5.74, 6) is 6.11. The van der Waals surface area contributed by atoms with Gasteiger partial charge in [-0.3, -0.25) is 0 Å². The summed E-state index contributed by atoms with van der Waals surface area (Å²) >= 11 is 0. The minimum atomic E-state index is -1.54. The standard InChI is InChI=1S/C36H49NP.ClH/c1-2-3-12-38(35-19-25-13-26(20-35)15-27(14-25)21-35,36-22-28-16-29(23-36)18-30(17-28)24-36)34-11-7-5-9-32(34)31-8-4-6-10-33(31)37;/h4-11,25-30H,2-3,12-24,37H2,1H3;1H/q+1;. The second-order valence-corrected chi connectivity index (χ2v) is 19.7. The van der Waals surface area contributed by atoms with E-state index in [9.17, 15) is 0 Å². The Labute approximate surface area is 244 Å². The van der Waals surface area contributed by atoms with Gasteiger partial charge in [-0.25, -0.2) is 0 Å². The minimum absolute atomic E-state index is 0. The number of hydrogen-bond acceptors (Lipinski definition) is 1. The first-order valence-corrected chi connectivity index (χ1v) is 18.3. The average Bonchev–Trinajstić information content (AvgIpc) is 2.88. The van der Waals surface area contributed by atoms with E-state index in [0.717, 1.165) is 41.2 Å². The molecule has 8 saturated carbocycles. The number of nitrogen functional groups attached to an aromatic ring is 1. The van der Waals surface area contributed by atoms with Crippen LogP contribution in [0.5, 0.6) is 0 Å². The zero-order chi connectivity index (χ0) is 25.5. The molecule has 0 spiro atoms. The second kappa shape index (κ2) is 9.76. The zero-order valence-electron chi connectivity index (χ0n) is 24.1. The molecular weight excluding hydrogens is 513 g/mol. The van der Waals surface area contributed by atoms with E-state index >= 15 is 0 Å². The predicted octanol–water partition coefficient (Wildman–Crippen LogP) is 9.74. The first kappa shape index (κ1) is 26.8.